The normalized spacial score (nSPS) is 11.9. The Hall–Kier alpha value is -3.31. The van der Waals surface area contributed by atoms with Gasteiger partial charge in [0, 0.05) is 22.0 Å². The van der Waals surface area contributed by atoms with Crippen molar-refractivity contribution in [1.82, 2.24) is 0 Å². The highest BCUT2D eigenvalue weighted by molar-refractivity contribution is 6.31. The van der Waals surface area contributed by atoms with Crippen LogP contribution in [0, 0.1) is 6.92 Å². The van der Waals surface area contributed by atoms with Crippen molar-refractivity contribution >= 4 is 34.8 Å². The van der Waals surface area contributed by atoms with Crippen molar-refractivity contribution in [3.8, 4) is 5.75 Å². The van der Waals surface area contributed by atoms with Crippen LogP contribution in [0.5, 0.6) is 5.75 Å². The maximum absolute atomic E-state index is 13.0. The van der Waals surface area contributed by atoms with E-state index >= 15 is 0 Å². The molecule has 6 heteroatoms. The molecule has 0 saturated heterocycles. The third-order valence-corrected chi connectivity index (χ3v) is 6.26. The fourth-order valence-electron chi connectivity index (χ4n) is 3.74. The van der Waals surface area contributed by atoms with Crippen LogP contribution in [-0.2, 0) is 4.79 Å². The fourth-order valence-corrected chi connectivity index (χ4v) is 3.92. The summed E-state index contributed by atoms with van der Waals surface area (Å²) >= 11 is 6.13. The van der Waals surface area contributed by atoms with Crippen LogP contribution >= 0.6 is 11.6 Å². The fraction of sp³-hybridized carbons (Fsp3) is 0.310. The van der Waals surface area contributed by atoms with Crippen molar-refractivity contribution in [3.05, 3.63) is 87.9 Å². The van der Waals surface area contributed by atoms with E-state index in [1.807, 2.05) is 19.1 Å². The molecule has 3 rings (SSSR count). The highest BCUT2D eigenvalue weighted by Crippen LogP contribution is 2.33. The van der Waals surface area contributed by atoms with Crippen LogP contribution in [0.2, 0.25) is 5.02 Å². The first-order valence-electron chi connectivity index (χ1n) is 11.8. The molecule has 0 bridgehead atoms. The van der Waals surface area contributed by atoms with Gasteiger partial charge in [0.15, 0.2) is 6.10 Å². The number of hydrogen-bond donors (Lipinski definition) is 2. The van der Waals surface area contributed by atoms with Gasteiger partial charge in [0.05, 0.1) is 0 Å². The topological polar surface area (TPSA) is 67.4 Å². The molecule has 0 saturated carbocycles. The smallest absolute Gasteiger partial charge is 0.265 e. The highest BCUT2D eigenvalue weighted by Gasteiger charge is 2.18. The number of nitrogens with one attached hydrogen (secondary N) is 2. The van der Waals surface area contributed by atoms with E-state index in [1.165, 1.54) is 0 Å². The van der Waals surface area contributed by atoms with Crippen molar-refractivity contribution < 1.29 is 14.3 Å². The molecule has 3 aromatic carbocycles. The minimum Gasteiger partial charge on any atom is -0.481 e. The first kappa shape index (κ1) is 26.3. The van der Waals surface area contributed by atoms with Gasteiger partial charge < -0.3 is 15.4 Å². The molecule has 0 aromatic heterocycles. The van der Waals surface area contributed by atoms with Crippen molar-refractivity contribution in [2.45, 2.75) is 59.5 Å². The van der Waals surface area contributed by atoms with Gasteiger partial charge in [-0.3, -0.25) is 9.59 Å². The van der Waals surface area contributed by atoms with Gasteiger partial charge in [0.25, 0.3) is 11.8 Å². The van der Waals surface area contributed by atoms with Gasteiger partial charge in [-0.2, -0.15) is 0 Å². The lowest BCUT2D eigenvalue weighted by Crippen LogP contribution is -2.30. The van der Waals surface area contributed by atoms with E-state index in [-0.39, 0.29) is 23.7 Å². The number of anilines is 2. The molecular formula is C29H33ClN2O3. The average molecular weight is 493 g/mol. The van der Waals surface area contributed by atoms with Gasteiger partial charge in [-0.1, -0.05) is 63.6 Å². The second-order valence-corrected chi connectivity index (χ2v) is 9.72. The predicted octanol–water partition coefficient (Wildman–Crippen LogP) is 7.55. The lowest BCUT2D eigenvalue weighted by molar-refractivity contribution is -0.122. The molecule has 0 heterocycles. The Kier molecular flexibility index (Phi) is 8.57. The van der Waals surface area contributed by atoms with Crippen LogP contribution in [0.1, 0.15) is 73.5 Å². The summed E-state index contributed by atoms with van der Waals surface area (Å²) < 4.78 is 5.78. The number of benzene rings is 3. The Labute approximate surface area is 212 Å². The SMILES string of the molecule is Cc1ccc(NC(=O)C(C)Oc2ccc(C(=O)Nc3c(C(C)C)cccc3C(C)C)cc2)cc1Cl. The van der Waals surface area contributed by atoms with Crippen molar-refractivity contribution in [2.24, 2.45) is 0 Å². The van der Waals surface area contributed by atoms with Crippen LogP contribution in [0.15, 0.2) is 60.7 Å². The second kappa shape index (κ2) is 11.4. The lowest BCUT2D eigenvalue weighted by Gasteiger charge is -2.20. The van der Waals surface area contributed by atoms with Crippen molar-refractivity contribution in [1.29, 1.82) is 0 Å². The molecule has 3 aromatic rings. The minimum atomic E-state index is -0.735. The van der Waals surface area contributed by atoms with Crippen molar-refractivity contribution in [2.75, 3.05) is 10.6 Å². The van der Waals surface area contributed by atoms with E-state index in [1.54, 1.807) is 43.3 Å². The molecule has 0 fully saturated rings. The zero-order valence-corrected chi connectivity index (χ0v) is 21.9. The summed E-state index contributed by atoms with van der Waals surface area (Å²) in [7, 11) is 0. The molecule has 184 valence electrons. The summed E-state index contributed by atoms with van der Waals surface area (Å²) in [5, 5.41) is 6.51. The third-order valence-electron chi connectivity index (χ3n) is 5.85. The van der Waals surface area contributed by atoms with Gasteiger partial charge >= 0.3 is 0 Å². The Bertz CT molecular complexity index is 1180. The lowest BCUT2D eigenvalue weighted by atomic mass is 9.92. The molecule has 5 nitrogen and oxygen atoms in total. The van der Waals surface area contributed by atoms with E-state index in [9.17, 15) is 9.59 Å². The molecule has 0 aliphatic rings. The van der Waals surface area contributed by atoms with Crippen LogP contribution in [0.25, 0.3) is 0 Å². The van der Waals surface area contributed by atoms with Gasteiger partial charge in [-0.15, -0.1) is 0 Å². The zero-order valence-electron chi connectivity index (χ0n) is 21.1. The second-order valence-electron chi connectivity index (χ2n) is 9.31. The standard InChI is InChI=1S/C29H33ClN2O3/c1-17(2)24-8-7-9-25(18(3)4)27(24)32-29(34)21-11-14-23(15-12-21)35-20(6)28(33)31-22-13-10-19(5)26(30)16-22/h7-18,20H,1-6H3,(H,31,33)(H,32,34). The first-order chi connectivity index (χ1) is 16.6. The quantitative estimate of drug-likeness (QED) is 0.341. The van der Waals surface area contributed by atoms with E-state index in [2.05, 4.69) is 50.5 Å². The van der Waals surface area contributed by atoms with E-state index < -0.39 is 6.10 Å². The van der Waals surface area contributed by atoms with Gasteiger partial charge in [-0.05, 0) is 78.8 Å². The van der Waals surface area contributed by atoms with E-state index in [0.29, 0.717) is 22.0 Å². The molecule has 2 amide bonds. The summed E-state index contributed by atoms with van der Waals surface area (Å²) in [6.45, 7) is 12.0. The Morgan fingerprint density at radius 1 is 0.829 bits per heavy atom. The largest absolute Gasteiger partial charge is 0.481 e. The maximum Gasteiger partial charge on any atom is 0.265 e. The number of para-hydroxylation sites is 1. The minimum absolute atomic E-state index is 0.186. The predicted molar refractivity (Wildman–Crippen MR) is 144 cm³/mol. The number of hydrogen-bond acceptors (Lipinski definition) is 3. The van der Waals surface area contributed by atoms with Gasteiger partial charge in [-0.25, -0.2) is 0 Å². The van der Waals surface area contributed by atoms with Crippen LogP contribution in [-0.4, -0.2) is 17.9 Å². The molecular weight excluding hydrogens is 460 g/mol. The highest BCUT2D eigenvalue weighted by atomic mass is 35.5. The van der Waals surface area contributed by atoms with Gasteiger partial charge in [0.2, 0.25) is 0 Å². The number of rotatable bonds is 8. The molecule has 0 spiro atoms. The number of ether oxygens (including phenoxy) is 1. The van der Waals surface area contributed by atoms with Gasteiger partial charge in [0.1, 0.15) is 5.75 Å². The maximum atomic E-state index is 13.0. The molecule has 0 aliphatic carbocycles. The number of halogens is 1. The summed E-state index contributed by atoms with van der Waals surface area (Å²) in [5.41, 5.74) is 5.15. The molecule has 1 atom stereocenters. The van der Waals surface area contributed by atoms with E-state index in [0.717, 1.165) is 22.4 Å². The Morgan fingerprint density at radius 3 is 1.97 bits per heavy atom. The monoisotopic (exact) mass is 492 g/mol. The first-order valence-corrected chi connectivity index (χ1v) is 12.2. The summed E-state index contributed by atoms with van der Waals surface area (Å²) in [6, 6.07) is 18.3. The number of aryl methyl sites for hydroxylation is 1. The zero-order chi connectivity index (χ0) is 25.7. The molecule has 0 radical (unpaired) electrons. The van der Waals surface area contributed by atoms with Crippen molar-refractivity contribution in [3.63, 3.8) is 0 Å². The Morgan fingerprint density at radius 2 is 1.43 bits per heavy atom. The van der Waals surface area contributed by atoms with E-state index in [4.69, 9.17) is 16.3 Å². The molecule has 35 heavy (non-hydrogen) atoms. The number of carbonyl (C=O) groups excluding carboxylic acids is 2. The molecule has 0 aliphatic heterocycles. The summed E-state index contributed by atoms with van der Waals surface area (Å²) in [5.74, 6) is 0.579. The number of carbonyl (C=O) groups is 2. The summed E-state index contributed by atoms with van der Waals surface area (Å²) in [6.07, 6.45) is -0.735. The van der Waals surface area contributed by atoms with Crippen LogP contribution in [0.3, 0.4) is 0 Å². The average Bonchev–Trinajstić information content (AvgIpc) is 2.81. The van der Waals surface area contributed by atoms with Crippen LogP contribution < -0.4 is 15.4 Å². The number of amides is 2. The molecule has 1 unspecified atom stereocenters. The third kappa shape index (κ3) is 6.64. The van der Waals surface area contributed by atoms with Crippen LogP contribution in [0.4, 0.5) is 11.4 Å². The molecule has 2 N–H and O–H groups in total. The summed E-state index contributed by atoms with van der Waals surface area (Å²) in [4.78, 5) is 25.6. The Balaban J connectivity index is 1.67.